The van der Waals surface area contributed by atoms with Crippen LogP contribution < -0.4 is 0 Å². The lowest BCUT2D eigenvalue weighted by Crippen LogP contribution is -2.40. The first-order valence-electron chi connectivity index (χ1n) is 7.90. The molecule has 0 atom stereocenters. The summed E-state index contributed by atoms with van der Waals surface area (Å²) in [5.41, 5.74) is 0. The molecule has 2 aliphatic heterocycles. The molecule has 0 unspecified atom stereocenters. The van der Waals surface area contributed by atoms with Crippen molar-refractivity contribution < 1.29 is 23.7 Å². The fourth-order valence-corrected chi connectivity index (χ4v) is 3.40. The molecule has 136 valence electrons. The minimum atomic E-state index is -0.653. The fraction of sp³-hybridized carbons (Fsp3) is 0.312. The van der Waals surface area contributed by atoms with Gasteiger partial charge in [0.05, 0.1) is 11.0 Å². The van der Waals surface area contributed by atoms with Gasteiger partial charge in [-0.2, -0.15) is 0 Å². The number of carbonyl (C=O) groups is 3. The normalized spacial score (nSPS) is 19.3. The molecule has 2 aliphatic rings. The van der Waals surface area contributed by atoms with Gasteiger partial charge in [-0.15, -0.1) is 0 Å². The Morgan fingerprint density at radius 2 is 2.04 bits per heavy atom. The molecule has 2 fully saturated rings. The molecule has 3 amide bonds. The highest BCUT2D eigenvalue weighted by atomic mass is 32.2. The molecule has 0 saturated carbocycles. The lowest BCUT2D eigenvalue weighted by atomic mass is 10.3. The third-order valence-electron chi connectivity index (χ3n) is 3.93. The first kappa shape index (κ1) is 17.9. The van der Waals surface area contributed by atoms with E-state index in [0.717, 1.165) is 29.5 Å². The number of likely N-dealkylation sites (tertiary alicyclic amines) is 1. The van der Waals surface area contributed by atoms with E-state index in [-0.39, 0.29) is 29.0 Å². The van der Waals surface area contributed by atoms with E-state index in [1.165, 1.54) is 30.4 Å². The van der Waals surface area contributed by atoms with Gasteiger partial charge in [0, 0.05) is 13.1 Å². The molecule has 1 aromatic heterocycles. The smallest absolute Gasteiger partial charge is 0.401 e. The van der Waals surface area contributed by atoms with Crippen LogP contribution in [0.2, 0.25) is 0 Å². The SMILES string of the molecule is O=C(CN1C(=O)S/C(=C\C=C\c2ccc([N+](=O)[O-])o2)C1=O)N1CCCC1. The van der Waals surface area contributed by atoms with Crippen molar-refractivity contribution in [3.8, 4) is 0 Å². The van der Waals surface area contributed by atoms with E-state index in [1.54, 1.807) is 4.90 Å². The summed E-state index contributed by atoms with van der Waals surface area (Å²) in [4.78, 5) is 49.1. The average Bonchev–Trinajstić information content (AvgIpc) is 3.33. The Kier molecular flexibility index (Phi) is 5.21. The number of hydrogen-bond acceptors (Lipinski definition) is 7. The first-order valence-corrected chi connectivity index (χ1v) is 8.71. The average molecular weight is 377 g/mol. The van der Waals surface area contributed by atoms with Crippen molar-refractivity contribution in [2.24, 2.45) is 0 Å². The molecule has 3 heterocycles. The Morgan fingerprint density at radius 1 is 1.31 bits per heavy atom. The monoisotopic (exact) mass is 377 g/mol. The summed E-state index contributed by atoms with van der Waals surface area (Å²) in [5, 5.41) is 10.1. The fourth-order valence-electron chi connectivity index (χ4n) is 2.61. The van der Waals surface area contributed by atoms with E-state index in [0.29, 0.717) is 13.1 Å². The van der Waals surface area contributed by atoms with Crippen LogP contribution in [0.3, 0.4) is 0 Å². The van der Waals surface area contributed by atoms with Gasteiger partial charge < -0.3 is 9.32 Å². The molecule has 9 nitrogen and oxygen atoms in total. The van der Waals surface area contributed by atoms with Crippen molar-refractivity contribution in [3.05, 3.63) is 45.1 Å². The van der Waals surface area contributed by atoms with E-state index in [2.05, 4.69) is 0 Å². The van der Waals surface area contributed by atoms with E-state index in [4.69, 9.17) is 4.42 Å². The number of nitro groups is 1. The van der Waals surface area contributed by atoms with Gasteiger partial charge in [-0.1, -0.05) is 6.08 Å². The second kappa shape index (κ2) is 7.56. The highest BCUT2D eigenvalue weighted by Gasteiger charge is 2.37. The van der Waals surface area contributed by atoms with Crippen molar-refractivity contribution in [2.75, 3.05) is 19.6 Å². The number of thioether (sulfide) groups is 1. The van der Waals surface area contributed by atoms with Crippen molar-refractivity contribution in [3.63, 3.8) is 0 Å². The molecule has 0 bridgehead atoms. The second-order valence-electron chi connectivity index (χ2n) is 5.67. The van der Waals surface area contributed by atoms with Crippen LogP contribution >= 0.6 is 11.8 Å². The predicted molar refractivity (Wildman–Crippen MR) is 93.0 cm³/mol. The third kappa shape index (κ3) is 3.85. The van der Waals surface area contributed by atoms with Gasteiger partial charge in [0.25, 0.3) is 11.1 Å². The van der Waals surface area contributed by atoms with Gasteiger partial charge in [0.1, 0.15) is 17.2 Å². The number of hydrogen-bond donors (Lipinski definition) is 0. The van der Waals surface area contributed by atoms with E-state index in [9.17, 15) is 24.5 Å². The van der Waals surface area contributed by atoms with Gasteiger partial charge >= 0.3 is 5.88 Å². The topological polar surface area (TPSA) is 114 Å². The Hall–Kier alpha value is -2.88. The van der Waals surface area contributed by atoms with Crippen molar-refractivity contribution in [1.82, 2.24) is 9.80 Å². The summed E-state index contributed by atoms with van der Waals surface area (Å²) in [6.45, 7) is 1.06. The Labute approximate surface area is 152 Å². The maximum Gasteiger partial charge on any atom is 0.433 e. The Balaban J connectivity index is 1.63. The molecule has 1 aromatic rings. The van der Waals surface area contributed by atoms with Crippen LogP contribution in [0.5, 0.6) is 0 Å². The standard InChI is InChI=1S/C16H15N3O6S/c20-13(17-8-1-2-9-17)10-18-15(21)12(26-16(18)22)5-3-4-11-6-7-14(25-11)19(23)24/h3-7H,1-2,8-10H2/b4-3+,12-5-. The quantitative estimate of drug-likeness (QED) is 0.440. The lowest BCUT2D eigenvalue weighted by molar-refractivity contribution is -0.402. The molecule has 0 aliphatic carbocycles. The Morgan fingerprint density at radius 3 is 2.69 bits per heavy atom. The predicted octanol–water partition coefficient (Wildman–Crippen LogP) is 2.40. The molecule has 2 saturated heterocycles. The number of rotatable bonds is 5. The number of carbonyl (C=O) groups excluding carboxylic acids is 3. The molecule has 26 heavy (non-hydrogen) atoms. The molecule has 0 aromatic carbocycles. The zero-order valence-corrected chi connectivity index (χ0v) is 14.4. The van der Waals surface area contributed by atoms with E-state index >= 15 is 0 Å². The van der Waals surface area contributed by atoms with Crippen LogP contribution in [0, 0.1) is 10.1 Å². The van der Waals surface area contributed by atoms with Gasteiger partial charge in [-0.25, -0.2) is 0 Å². The summed E-state index contributed by atoms with van der Waals surface area (Å²) in [6, 6.07) is 2.64. The number of imide groups is 1. The van der Waals surface area contributed by atoms with Crippen LogP contribution in [-0.4, -0.2) is 51.4 Å². The summed E-state index contributed by atoms with van der Waals surface area (Å²) in [6.07, 6.45) is 6.18. The van der Waals surface area contributed by atoms with Crippen LogP contribution in [0.1, 0.15) is 18.6 Å². The van der Waals surface area contributed by atoms with Gasteiger partial charge in [-0.05, 0) is 42.8 Å². The minimum absolute atomic E-state index is 0.182. The minimum Gasteiger partial charge on any atom is -0.401 e. The molecule has 0 spiro atoms. The number of allylic oxidation sites excluding steroid dienone is 2. The lowest BCUT2D eigenvalue weighted by Gasteiger charge is -2.18. The molecule has 0 radical (unpaired) electrons. The Bertz CT molecular complexity index is 822. The molecular weight excluding hydrogens is 362 g/mol. The third-order valence-corrected chi connectivity index (χ3v) is 4.85. The number of nitrogens with zero attached hydrogens (tertiary/aromatic N) is 3. The van der Waals surface area contributed by atoms with Gasteiger partial charge in [0.2, 0.25) is 5.91 Å². The zero-order valence-electron chi connectivity index (χ0n) is 13.6. The van der Waals surface area contributed by atoms with Crippen LogP contribution in [0.25, 0.3) is 6.08 Å². The second-order valence-corrected chi connectivity index (χ2v) is 6.66. The highest BCUT2D eigenvalue weighted by Crippen LogP contribution is 2.30. The molecular formula is C16H15N3O6S. The zero-order chi connectivity index (χ0) is 18.7. The van der Waals surface area contributed by atoms with Crippen molar-refractivity contribution in [1.29, 1.82) is 0 Å². The molecule has 0 N–H and O–H groups in total. The largest absolute Gasteiger partial charge is 0.433 e. The van der Waals surface area contributed by atoms with Crippen molar-refractivity contribution in [2.45, 2.75) is 12.8 Å². The summed E-state index contributed by atoms with van der Waals surface area (Å²) >= 11 is 0.749. The van der Waals surface area contributed by atoms with Gasteiger partial charge in [-0.3, -0.25) is 29.4 Å². The maximum absolute atomic E-state index is 12.3. The number of furan rings is 1. The number of amides is 3. The maximum atomic E-state index is 12.3. The van der Waals surface area contributed by atoms with Crippen LogP contribution in [0.15, 0.2) is 33.6 Å². The van der Waals surface area contributed by atoms with E-state index in [1.807, 2.05) is 0 Å². The molecule has 3 rings (SSSR count). The van der Waals surface area contributed by atoms with Crippen LogP contribution in [0.4, 0.5) is 10.7 Å². The summed E-state index contributed by atoms with van der Waals surface area (Å²) in [7, 11) is 0. The highest BCUT2D eigenvalue weighted by molar-refractivity contribution is 8.18. The summed E-state index contributed by atoms with van der Waals surface area (Å²) < 4.78 is 4.95. The van der Waals surface area contributed by atoms with E-state index < -0.39 is 16.1 Å². The first-order chi connectivity index (χ1) is 12.5. The molecule has 10 heteroatoms. The van der Waals surface area contributed by atoms with Crippen molar-refractivity contribution >= 4 is 40.8 Å². The van der Waals surface area contributed by atoms with Gasteiger partial charge in [0.15, 0.2) is 0 Å². The van der Waals surface area contributed by atoms with Crippen LogP contribution in [-0.2, 0) is 9.59 Å². The summed E-state index contributed by atoms with van der Waals surface area (Å²) in [5.74, 6) is -0.895.